The normalized spacial score (nSPS) is 19.7. The summed E-state index contributed by atoms with van der Waals surface area (Å²) in [7, 11) is 0. The zero-order valence-electron chi connectivity index (χ0n) is 13.6. The highest BCUT2D eigenvalue weighted by molar-refractivity contribution is 7.98. The predicted octanol–water partition coefficient (Wildman–Crippen LogP) is 2.06. The molecule has 7 nitrogen and oxygen atoms in total. The Kier molecular flexibility index (Phi) is 4.34. The highest BCUT2D eigenvalue weighted by atomic mass is 32.2. The topological polar surface area (TPSA) is 82.8 Å². The molecule has 0 aromatic carbocycles. The molecule has 0 amide bonds. The van der Waals surface area contributed by atoms with Gasteiger partial charge in [-0.25, -0.2) is 15.0 Å². The van der Waals surface area contributed by atoms with Crippen LogP contribution in [0, 0.1) is 19.8 Å². The molecule has 23 heavy (non-hydrogen) atoms. The van der Waals surface area contributed by atoms with Crippen molar-refractivity contribution in [1.29, 1.82) is 0 Å². The fourth-order valence-electron chi connectivity index (χ4n) is 2.59. The van der Waals surface area contributed by atoms with Crippen molar-refractivity contribution in [2.24, 2.45) is 5.92 Å². The molecule has 1 aliphatic carbocycles. The Morgan fingerprint density at radius 1 is 1.39 bits per heavy atom. The lowest BCUT2D eigenvalue weighted by atomic mass is 10.2. The first-order valence-electron chi connectivity index (χ1n) is 7.53. The van der Waals surface area contributed by atoms with Crippen LogP contribution in [0.25, 0.3) is 5.82 Å². The van der Waals surface area contributed by atoms with Crippen molar-refractivity contribution in [3.05, 3.63) is 23.4 Å². The second kappa shape index (κ2) is 6.27. The number of hydrogen-bond acceptors (Lipinski definition) is 7. The van der Waals surface area contributed by atoms with E-state index in [2.05, 4.69) is 20.1 Å². The van der Waals surface area contributed by atoms with E-state index in [0.717, 1.165) is 17.9 Å². The van der Waals surface area contributed by atoms with Gasteiger partial charge in [-0.2, -0.15) is 4.68 Å². The fraction of sp³-hybridized carbons (Fsp3) is 0.533. The Balaban J connectivity index is 1.92. The van der Waals surface area contributed by atoms with Crippen LogP contribution >= 0.6 is 11.8 Å². The van der Waals surface area contributed by atoms with E-state index >= 15 is 0 Å². The van der Waals surface area contributed by atoms with Crippen molar-refractivity contribution < 1.29 is 9.53 Å². The minimum atomic E-state index is -0.142. The maximum atomic E-state index is 11.9. The Morgan fingerprint density at radius 3 is 2.78 bits per heavy atom. The van der Waals surface area contributed by atoms with E-state index in [0.29, 0.717) is 23.4 Å². The first-order valence-corrected chi connectivity index (χ1v) is 8.76. The van der Waals surface area contributed by atoms with Gasteiger partial charge in [0.05, 0.1) is 18.2 Å². The average Bonchev–Trinajstić information content (AvgIpc) is 3.26. The van der Waals surface area contributed by atoms with Crippen molar-refractivity contribution in [3.63, 3.8) is 0 Å². The standard InChI is InChI=1S/C15H19N5O2S/c1-5-22-14(21)11-6-10(11)12-7-13(18-15(17-12)23-4)20-9(3)16-8(2)19-20/h7,10-11H,5-6H2,1-4H3/t10-,11-/m1/s1. The van der Waals surface area contributed by atoms with Crippen LogP contribution in [0.4, 0.5) is 0 Å². The monoisotopic (exact) mass is 333 g/mol. The minimum Gasteiger partial charge on any atom is -0.466 e. The molecular formula is C15H19N5O2S. The van der Waals surface area contributed by atoms with E-state index in [-0.39, 0.29) is 17.8 Å². The first kappa shape index (κ1) is 15.9. The third-order valence-electron chi connectivity index (χ3n) is 3.75. The molecule has 2 atom stereocenters. The molecule has 0 aliphatic heterocycles. The Morgan fingerprint density at radius 2 is 2.17 bits per heavy atom. The molecule has 0 spiro atoms. The van der Waals surface area contributed by atoms with E-state index in [1.165, 1.54) is 11.8 Å². The summed E-state index contributed by atoms with van der Waals surface area (Å²) in [6.07, 6.45) is 2.70. The van der Waals surface area contributed by atoms with Crippen LogP contribution in [0.2, 0.25) is 0 Å². The number of rotatable bonds is 5. The quantitative estimate of drug-likeness (QED) is 0.470. The lowest BCUT2D eigenvalue weighted by molar-refractivity contribution is -0.144. The molecule has 1 aliphatic rings. The fourth-order valence-corrected chi connectivity index (χ4v) is 2.97. The molecule has 122 valence electrons. The van der Waals surface area contributed by atoms with Crippen LogP contribution in [0.1, 0.15) is 36.6 Å². The number of hydrogen-bond donors (Lipinski definition) is 0. The molecule has 3 rings (SSSR count). The van der Waals surface area contributed by atoms with Crippen LogP contribution in [0.5, 0.6) is 0 Å². The largest absolute Gasteiger partial charge is 0.466 e. The summed E-state index contributed by atoms with van der Waals surface area (Å²) in [5.74, 6) is 2.03. The number of carbonyl (C=O) groups excluding carboxylic acids is 1. The number of ether oxygens (including phenoxy) is 1. The number of aromatic nitrogens is 5. The number of aryl methyl sites for hydroxylation is 2. The SMILES string of the molecule is CCOC(=O)[C@@H]1C[C@H]1c1cc(-n2nc(C)nc2C)nc(SC)n1. The number of esters is 1. The summed E-state index contributed by atoms with van der Waals surface area (Å²) in [6.45, 7) is 5.96. The molecule has 8 heteroatoms. The van der Waals surface area contributed by atoms with E-state index in [4.69, 9.17) is 4.74 Å². The van der Waals surface area contributed by atoms with E-state index in [9.17, 15) is 4.79 Å². The molecule has 0 saturated heterocycles. The van der Waals surface area contributed by atoms with Crippen molar-refractivity contribution in [2.75, 3.05) is 12.9 Å². The Hall–Kier alpha value is -1.96. The van der Waals surface area contributed by atoms with Gasteiger partial charge >= 0.3 is 5.97 Å². The van der Waals surface area contributed by atoms with Crippen LogP contribution in [-0.2, 0) is 9.53 Å². The summed E-state index contributed by atoms with van der Waals surface area (Å²) in [6, 6.07) is 1.89. The van der Waals surface area contributed by atoms with Gasteiger partial charge in [0.2, 0.25) is 0 Å². The lowest BCUT2D eigenvalue weighted by Gasteiger charge is -2.07. The zero-order valence-corrected chi connectivity index (χ0v) is 14.4. The van der Waals surface area contributed by atoms with Crippen LogP contribution < -0.4 is 0 Å². The number of thioether (sulfide) groups is 1. The molecule has 0 unspecified atom stereocenters. The highest BCUT2D eigenvalue weighted by Gasteiger charge is 2.46. The van der Waals surface area contributed by atoms with Gasteiger partial charge in [-0.15, -0.1) is 5.10 Å². The molecule has 1 saturated carbocycles. The predicted molar refractivity (Wildman–Crippen MR) is 85.7 cm³/mol. The van der Waals surface area contributed by atoms with Gasteiger partial charge in [-0.05, 0) is 33.4 Å². The minimum absolute atomic E-state index is 0.0917. The molecule has 2 aromatic heterocycles. The molecular weight excluding hydrogens is 314 g/mol. The van der Waals surface area contributed by atoms with E-state index in [1.807, 2.05) is 33.1 Å². The van der Waals surface area contributed by atoms with Gasteiger partial charge in [0.1, 0.15) is 11.6 Å². The summed E-state index contributed by atoms with van der Waals surface area (Å²) in [5.41, 5.74) is 0.866. The third-order valence-corrected chi connectivity index (χ3v) is 4.29. The van der Waals surface area contributed by atoms with Gasteiger partial charge < -0.3 is 4.74 Å². The van der Waals surface area contributed by atoms with Crippen molar-refractivity contribution in [3.8, 4) is 5.82 Å². The zero-order chi connectivity index (χ0) is 16.6. The number of carbonyl (C=O) groups is 1. The van der Waals surface area contributed by atoms with Crippen LogP contribution in [-0.4, -0.2) is 43.6 Å². The summed E-state index contributed by atoms with van der Waals surface area (Å²) in [4.78, 5) is 25.2. The van der Waals surface area contributed by atoms with E-state index < -0.39 is 0 Å². The van der Waals surface area contributed by atoms with Gasteiger partial charge in [0.25, 0.3) is 0 Å². The third kappa shape index (κ3) is 3.21. The summed E-state index contributed by atoms with van der Waals surface area (Å²) >= 11 is 1.47. The van der Waals surface area contributed by atoms with Crippen molar-refractivity contribution >= 4 is 17.7 Å². The average molecular weight is 333 g/mol. The van der Waals surface area contributed by atoms with E-state index in [1.54, 1.807) is 4.68 Å². The van der Waals surface area contributed by atoms with Crippen LogP contribution in [0.15, 0.2) is 11.2 Å². The van der Waals surface area contributed by atoms with Crippen LogP contribution in [0.3, 0.4) is 0 Å². The van der Waals surface area contributed by atoms with Gasteiger partial charge in [-0.3, -0.25) is 4.79 Å². The maximum absolute atomic E-state index is 11.9. The molecule has 2 heterocycles. The number of nitrogens with zero attached hydrogens (tertiary/aromatic N) is 5. The Bertz CT molecular complexity index is 745. The highest BCUT2D eigenvalue weighted by Crippen LogP contribution is 2.47. The van der Waals surface area contributed by atoms with Crippen molar-refractivity contribution in [1.82, 2.24) is 24.7 Å². The summed E-state index contributed by atoms with van der Waals surface area (Å²) in [5, 5.41) is 5.04. The van der Waals surface area contributed by atoms with Gasteiger partial charge in [0.15, 0.2) is 11.0 Å². The first-order chi connectivity index (χ1) is 11.0. The molecule has 2 aromatic rings. The van der Waals surface area contributed by atoms with Crippen molar-refractivity contribution in [2.45, 2.75) is 38.3 Å². The van der Waals surface area contributed by atoms with Gasteiger partial charge in [-0.1, -0.05) is 11.8 Å². The summed E-state index contributed by atoms with van der Waals surface area (Å²) < 4.78 is 6.81. The second-order valence-electron chi connectivity index (χ2n) is 5.46. The molecule has 0 N–H and O–H groups in total. The lowest BCUT2D eigenvalue weighted by Crippen LogP contribution is -2.09. The smallest absolute Gasteiger partial charge is 0.309 e. The molecule has 1 fully saturated rings. The molecule has 0 radical (unpaired) electrons. The Labute approximate surface area is 138 Å². The van der Waals surface area contributed by atoms with Gasteiger partial charge in [0, 0.05) is 12.0 Å². The maximum Gasteiger partial charge on any atom is 0.309 e. The molecule has 0 bridgehead atoms. The second-order valence-corrected chi connectivity index (χ2v) is 6.23.